The first-order chi connectivity index (χ1) is 23.6. The standard InChI is InChI=1S/C42H44N2O6/c1-41(2,3)31-13-15-35(45)33(21-31)43-23-29-17-27(19-37(49-7)39(29)47)25-9-11-26(12-10-25)28-18-30(40(48)38(20-28)50-8)24-44-34-22-32(42(4,5)6)14-16-36(34)46/h9-24,45-48H,1-8H3. The number of ether oxygens (including phenoxy) is 2. The van der Waals surface area contributed by atoms with E-state index in [1.165, 1.54) is 26.6 Å². The summed E-state index contributed by atoms with van der Waals surface area (Å²) in [5.74, 6) is 0.527. The summed E-state index contributed by atoms with van der Waals surface area (Å²) in [6.07, 6.45) is 3.03. The summed E-state index contributed by atoms with van der Waals surface area (Å²) in [4.78, 5) is 9.03. The molecule has 0 fully saturated rings. The molecule has 8 heteroatoms. The second-order valence-electron chi connectivity index (χ2n) is 14.2. The SMILES string of the molecule is COc1cc(-c2ccc(-c3cc(C=Nc4cc(C(C)(C)C)ccc4O)c(O)c(OC)c3)cc2)cc(C=Nc2cc(C(C)(C)C)ccc2O)c1O. The van der Waals surface area contributed by atoms with Crippen LogP contribution in [0.15, 0.2) is 94.9 Å². The van der Waals surface area contributed by atoms with Gasteiger partial charge in [-0.25, -0.2) is 0 Å². The van der Waals surface area contributed by atoms with Gasteiger partial charge in [0.05, 0.1) is 14.2 Å². The van der Waals surface area contributed by atoms with E-state index in [1.54, 1.807) is 24.3 Å². The summed E-state index contributed by atoms with van der Waals surface area (Å²) >= 11 is 0. The van der Waals surface area contributed by atoms with E-state index in [4.69, 9.17) is 9.47 Å². The molecule has 8 nitrogen and oxygen atoms in total. The molecule has 5 rings (SSSR count). The van der Waals surface area contributed by atoms with Crippen molar-refractivity contribution >= 4 is 23.8 Å². The van der Waals surface area contributed by atoms with Crippen LogP contribution >= 0.6 is 0 Å². The molecule has 5 aromatic carbocycles. The fourth-order valence-electron chi connectivity index (χ4n) is 5.42. The van der Waals surface area contributed by atoms with Crippen molar-refractivity contribution in [2.45, 2.75) is 52.4 Å². The fourth-order valence-corrected chi connectivity index (χ4v) is 5.42. The molecule has 0 aliphatic carbocycles. The molecule has 0 atom stereocenters. The van der Waals surface area contributed by atoms with E-state index < -0.39 is 0 Å². The number of aromatic hydroxyl groups is 4. The average Bonchev–Trinajstić information content (AvgIpc) is 3.07. The molecule has 0 saturated carbocycles. The minimum absolute atomic E-state index is 0.0422. The minimum atomic E-state index is -0.127. The van der Waals surface area contributed by atoms with Gasteiger partial charge < -0.3 is 29.9 Å². The molecule has 50 heavy (non-hydrogen) atoms. The van der Waals surface area contributed by atoms with Crippen molar-refractivity contribution in [3.8, 4) is 56.8 Å². The highest BCUT2D eigenvalue weighted by Crippen LogP contribution is 2.39. The molecular weight excluding hydrogens is 628 g/mol. The van der Waals surface area contributed by atoms with Gasteiger partial charge in [-0.2, -0.15) is 0 Å². The molecule has 0 saturated heterocycles. The lowest BCUT2D eigenvalue weighted by molar-refractivity contribution is 0.373. The Morgan fingerprint density at radius 2 is 0.840 bits per heavy atom. The van der Waals surface area contributed by atoms with Gasteiger partial charge in [-0.15, -0.1) is 0 Å². The second kappa shape index (κ2) is 14.0. The first-order valence-electron chi connectivity index (χ1n) is 16.3. The Morgan fingerprint density at radius 3 is 1.16 bits per heavy atom. The number of phenolic OH excluding ortho intramolecular Hbond substituents is 4. The van der Waals surface area contributed by atoms with Gasteiger partial charge in [-0.05, 0) is 92.7 Å². The number of hydrogen-bond acceptors (Lipinski definition) is 8. The Hall–Kier alpha value is -5.76. The zero-order chi connectivity index (χ0) is 36.4. The van der Waals surface area contributed by atoms with Crippen LogP contribution in [0.25, 0.3) is 22.3 Å². The third-order valence-corrected chi connectivity index (χ3v) is 8.57. The summed E-state index contributed by atoms with van der Waals surface area (Å²) in [5, 5.41) is 42.8. The maximum Gasteiger partial charge on any atom is 0.166 e. The highest BCUT2D eigenvalue weighted by atomic mass is 16.5. The first kappa shape index (κ1) is 35.5. The van der Waals surface area contributed by atoms with Crippen LogP contribution in [0.1, 0.15) is 63.8 Å². The molecule has 0 bridgehead atoms. The van der Waals surface area contributed by atoms with Gasteiger partial charge in [-0.1, -0.05) is 77.9 Å². The minimum Gasteiger partial charge on any atom is -0.506 e. The third-order valence-electron chi connectivity index (χ3n) is 8.57. The Labute approximate surface area is 293 Å². The van der Waals surface area contributed by atoms with Crippen LogP contribution in [0.3, 0.4) is 0 Å². The zero-order valence-corrected chi connectivity index (χ0v) is 29.7. The van der Waals surface area contributed by atoms with Crippen molar-refractivity contribution in [1.29, 1.82) is 0 Å². The molecule has 5 aromatic rings. The predicted octanol–water partition coefficient (Wildman–Crippen LogP) is 9.96. The highest BCUT2D eigenvalue weighted by Gasteiger charge is 2.18. The number of aliphatic imine (C=N–C) groups is 2. The third kappa shape index (κ3) is 7.76. The molecule has 0 spiro atoms. The smallest absolute Gasteiger partial charge is 0.166 e. The second-order valence-corrected chi connectivity index (χ2v) is 14.2. The van der Waals surface area contributed by atoms with Gasteiger partial charge in [0.2, 0.25) is 0 Å². The topological polar surface area (TPSA) is 124 Å². The quantitative estimate of drug-likeness (QED) is 0.122. The Morgan fingerprint density at radius 1 is 0.480 bits per heavy atom. The number of nitrogens with zero attached hydrogens (tertiary/aromatic N) is 2. The molecule has 0 aliphatic heterocycles. The maximum atomic E-state index is 10.9. The van der Waals surface area contributed by atoms with E-state index in [0.717, 1.165) is 33.4 Å². The van der Waals surface area contributed by atoms with Crippen molar-refractivity contribution in [2.24, 2.45) is 9.98 Å². The highest BCUT2D eigenvalue weighted by molar-refractivity contribution is 5.91. The number of benzene rings is 5. The molecule has 0 amide bonds. The molecule has 0 unspecified atom stereocenters. The number of rotatable bonds is 8. The lowest BCUT2D eigenvalue weighted by atomic mass is 9.87. The van der Waals surface area contributed by atoms with Crippen molar-refractivity contribution in [1.82, 2.24) is 0 Å². The van der Waals surface area contributed by atoms with Crippen LogP contribution in [-0.2, 0) is 10.8 Å². The lowest BCUT2D eigenvalue weighted by Gasteiger charge is -2.19. The monoisotopic (exact) mass is 672 g/mol. The Balaban J connectivity index is 1.48. The van der Waals surface area contributed by atoms with Crippen LogP contribution in [0.2, 0.25) is 0 Å². The van der Waals surface area contributed by atoms with Crippen LogP contribution in [-0.4, -0.2) is 47.1 Å². The first-order valence-corrected chi connectivity index (χ1v) is 16.3. The molecule has 0 aliphatic rings. The summed E-state index contributed by atoms with van der Waals surface area (Å²) in [5.41, 5.74) is 6.73. The van der Waals surface area contributed by atoms with Gasteiger partial charge in [0, 0.05) is 23.6 Å². The molecular formula is C42H44N2O6. The van der Waals surface area contributed by atoms with Gasteiger partial charge in [0.15, 0.2) is 23.0 Å². The van der Waals surface area contributed by atoms with E-state index in [-0.39, 0.29) is 45.3 Å². The largest absolute Gasteiger partial charge is 0.506 e. The Kier molecular flexibility index (Phi) is 9.95. The van der Waals surface area contributed by atoms with E-state index in [1.807, 2.05) is 60.7 Å². The zero-order valence-electron chi connectivity index (χ0n) is 29.7. The van der Waals surface area contributed by atoms with Crippen molar-refractivity contribution < 1.29 is 29.9 Å². The van der Waals surface area contributed by atoms with Crippen LogP contribution in [0, 0.1) is 0 Å². The Bertz CT molecular complexity index is 1930. The van der Waals surface area contributed by atoms with E-state index in [0.29, 0.717) is 22.5 Å². The normalized spacial score (nSPS) is 12.2. The summed E-state index contributed by atoms with van der Waals surface area (Å²) in [7, 11) is 2.98. The summed E-state index contributed by atoms with van der Waals surface area (Å²) in [6.45, 7) is 12.5. The molecule has 0 heterocycles. The summed E-state index contributed by atoms with van der Waals surface area (Å²) < 4.78 is 11.0. The maximum absolute atomic E-state index is 10.9. The lowest BCUT2D eigenvalue weighted by Crippen LogP contribution is -2.10. The summed E-state index contributed by atoms with van der Waals surface area (Å²) in [6, 6.07) is 25.6. The molecule has 0 aromatic heterocycles. The van der Waals surface area contributed by atoms with Gasteiger partial charge in [0.25, 0.3) is 0 Å². The van der Waals surface area contributed by atoms with Gasteiger partial charge in [-0.3, -0.25) is 9.98 Å². The van der Waals surface area contributed by atoms with E-state index >= 15 is 0 Å². The van der Waals surface area contributed by atoms with Gasteiger partial charge in [0.1, 0.15) is 22.9 Å². The fraction of sp³-hybridized carbons (Fsp3) is 0.238. The molecule has 258 valence electrons. The predicted molar refractivity (Wildman–Crippen MR) is 202 cm³/mol. The number of methoxy groups -OCH3 is 2. The van der Waals surface area contributed by atoms with Crippen molar-refractivity contribution in [3.63, 3.8) is 0 Å². The van der Waals surface area contributed by atoms with Gasteiger partial charge >= 0.3 is 0 Å². The molecule has 0 radical (unpaired) electrons. The number of hydrogen-bond donors (Lipinski definition) is 4. The van der Waals surface area contributed by atoms with E-state index in [2.05, 4.69) is 51.5 Å². The van der Waals surface area contributed by atoms with Crippen LogP contribution in [0.4, 0.5) is 11.4 Å². The van der Waals surface area contributed by atoms with Crippen LogP contribution < -0.4 is 9.47 Å². The van der Waals surface area contributed by atoms with E-state index in [9.17, 15) is 20.4 Å². The van der Waals surface area contributed by atoms with Crippen molar-refractivity contribution in [2.75, 3.05) is 14.2 Å². The molecule has 4 N–H and O–H groups in total. The van der Waals surface area contributed by atoms with Crippen molar-refractivity contribution in [3.05, 3.63) is 107 Å². The van der Waals surface area contributed by atoms with Crippen LogP contribution in [0.5, 0.6) is 34.5 Å². The average molecular weight is 673 g/mol. The number of phenols is 4.